The van der Waals surface area contributed by atoms with E-state index in [1.165, 1.54) is 13.1 Å². The molecule has 2 N–H and O–H groups in total. The summed E-state index contributed by atoms with van der Waals surface area (Å²) in [5, 5.41) is 16.0. The van der Waals surface area contributed by atoms with Gasteiger partial charge in [0.25, 0.3) is 5.91 Å². The van der Waals surface area contributed by atoms with Crippen LogP contribution >= 0.6 is 11.6 Å². The summed E-state index contributed by atoms with van der Waals surface area (Å²) in [5.41, 5.74) is 0.779. The zero-order valence-electron chi connectivity index (χ0n) is 10.6. The van der Waals surface area contributed by atoms with Gasteiger partial charge in [0.1, 0.15) is 5.69 Å². The lowest BCUT2D eigenvalue weighted by Crippen LogP contribution is -2.23. The van der Waals surface area contributed by atoms with E-state index < -0.39 is 11.9 Å². The number of amides is 1. The Morgan fingerprint density at radius 2 is 2.10 bits per heavy atom. The van der Waals surface area contributed by atoms with Crippen molar-refractivity contribution >= 4 is 23.5 Å². The molecular weight excluding hydrogens is 282 g/mol. The Hall–Kier alpha value is -2.34. The molecule has 0 bridgehead atoms. The number of carbonyl (C=O) groups is 2. The summed E-state index contributed by atoms with van der Waals surface area (Å²) in [6.45, 7) is 0.248. The molecule has 0 atom stereocenters. The molecule has 1 amide bonds. The summed E-state index contributed by atoms with van der Waals surface area (Å²) in [5.74, 6) is -1.59. The molecule has 0 saturated heterocycles. The van der Waals surface area contributed by atoms with Crippen LogP contribution in [-0.4, -0.2) is 26.8 Å². The van der Waals surface area contributed by atoms with Crippen LogP contribution in [0.5, 0.6) is 0 Å². The summed E-state index contributed by atoms with van der Waals surface area (Å²) < 4.78 is 1.15. The van der Waals surface area contributed by atoms with Gasteiger partial charge in [-0.2, -0.15) is 5.10 Å². The first-order valence-corrected chi connectivity index (χ1v) is 6.16. The van der Waals surface area contributed by atoms with Gasteiger partial charge >= 0.3 is 5.97 Å². The number of rotatable bonds is 4. The minimum atomic E-state index is -1.13. The largest absolute Gasteiger partial charge is 0.477 e. The van der Waals surface area contributed by atoms with Crippen LogP contribution in [0.3, 0.4) is 0 Å². The predicted molar refractivity (Wildman–Crippen MR) is 72.8 cm³/mol. The number of aromatic carboxylic acids is 1. The lowest BCUT2D eigenvalue weighted by Gasteiger charge is -2.05. The zero-order valence-corrected chi connectivity index (χ0v) is 11.4. The molecular formula is C13H12ClN3O3. The third-order valence-corrected chi connectivity index (χ3v) is 3.10. The van der Waals surface area contributed by atoms with Gasteiger partial charge in [0, 0.05) is 24.7 Å². The molecule has 7 heteroatoms. The van der Waals surface area contributed by atoms with Gasteiger partial charge in [-0.15, -0.1) is 0 Å². The molecule has 0 fully saturated rings. The molecule has 1 aromatic heterocycles. The van der Waals surface area contributed by atoms with Crippen molar-refractivity contribution in [2.45, 2.75) is 6.54 Å². The first-order valence-electron chi connectivity index (χ1n) is 5.78. The van der Waals surface area contributed by atoms with Crippen LogP contribution in [0.2, 0.25) is 5.02 Å². The third kappa shape index (κ3) is 2.97. The molecule has 0 aliphatic heterocycles. The molecule has 0 unspecified atom stereocenters. The number of hydrogen-bond donors (Lipinski definition) is 2. The molecule has 1 heterocycles. The van der Waals surface area contributed by atoms with Crippen LogP contribution in [0.15, 0.2) is 30.3 Å². The van der Waals surface area contributed by atoms with Crippen molar-refractivity contribution in [3.63, 3.8) is 0 Å². The molecule has 20 heavy (non-hydrogen) atoms. The van der Waals surface area contributed by atoms with Gasteiger partial charge in [0.05, 0.1) is 0 Å². The normalized spacial score (nSPS) is 10.3. The summed E-state index contributed by atoms with van der Waals surface area (Å²) in [4.78, 5) is 22.8. The smallest absolute Gasteiger partial charge is 0.354 e. The quantitative estimate of drug-likeness (QED) is 0.898. The van der Waals surface area contributed by atoms with E-state index >= 15 is 0 Å². The standard InChI is InChI=1S/C13H12ClN3O3/c1-17-11(13(19)20)6-10(16-17)12(18)15-7-8-4-2-3-5-9(8)14/h2-6H,7H2,1H3,(H,15,18)(H,19,20). The maximum absolute atomic E-state index is 11.9. The monoisotopic (exact) mass is 293 g/mol. The summed E-state index contributed by atoms with van der Waals surface area (Å²) in [7, 11) is 1.47. The van der Waals surface area contributed by atoms with Gasteiger partial charge in [-0.1, -0.05) is 29.8 Å². The van der Waals surface area contributed by atoms with Crippen molar-refractivity contribution in [3.05, 3.63) is 52.3 Å². The molecule has 2 rings (SSSR count). The average molecular weight is 294 g/mol. The Morgan fingerprint density at radius 1 is 1.40 bits per heavy atom. The summed E-state index contributed by atoms with van der Waals surface area (Å²) >= 11 is 5.98. The number of benzene rings is 1. The van der Waals surface area contributed by atoms with E-state index in [0.717, 1.165) is 10.2 Å². The number of nitrogens with zero attached hydrogens (tertiary/aromatic N) is 2. The number of carboxylic acids is 1. The van der Waals surface area contributed by atoms with Crippen LogP contribution in [0.1, 0.15) is 26.5 Å². The Morgan fingerprint density at radius 3 is 2.70 bits per heavy atom. The Balaban J connectivity index is 2.08. The van der Waals surface area contributed by atoms with E-state index in [9.17, 15) is 9.59 Å². The molecule has 0 spiro atoms. The number of halogens is 1. The number of carbonyl (C=O) groups excluding carboxylic acids is 1. The molecule has 1 aromatic carbocycles. The summed E-state index contributed by atoms with van der Waals surface area (Å²) in [6, 6.07) is 8.36. The topological polar surface area (TPSA) is 84.2 Å². The number of aryl methyl sites for hydroxylation is 1. The fourth-order valence-corrected chi connectivity index (χ4v) is 1.89. The first kappa shape index (κ1) is 14.1. The maximum atomic E-state index is 11.9. The highest BCUT2D eigenvalue weighted by atomic mass is 35.5. The number of nitrogens with one attached hydrogen (secondary N) is 1. The Kier molecular flexibility index (Phi) is 4.05. The fourth-order valence-electron chi connectivity index (χ4n) is 1.69. The highest BCUT2D eigenvalue weighted by Gasteiger charge is 2.16. The van der Waals surface area contributed by atoms with E-state index in [4.69, 9.17) is 16.7 Å². The van der Waals surface area contributed by atoms with Crippen LogP contribution in [-0.2, 0) is 13.6 Å². The molecule has 6 nitrogen and oxygen atoms in total. The molecule has 0 aliphatic rings. The first-order chi connectivity index (χ1) is 9.49. The van der Waals surface area contributed by atoms with Crippen molar-refractivity contribution in [1.29, 1.82) is 0 Å². The van der Waals surface area contributed by atoms with Gasteiger partial charge < -0.3 is 10.4 Å². The Labute approximate surface area is 120 Å². The van der Waals surface area contributed by atoms with E-state index in [1.807, 2.05) is 6.07 Å². The SMILES string of the molecule is Cn1nc(C(=O)NCc2ccccc2Cl)cc1C(=O)O. The maximum Gasteiger partial charge on any atom is 0.354 e. The van der Waals surface area contributed by atoms with Gasteiger partial charge in [-0.3, -0.25) is 9.48 Å². The van der Waals surface area contributed by atoms with Crippen molar-refractivity contribution in [2.24, 2.45) is 7.05 Å². The molecule has 104 valence electrons. The van der Waals surface area contributed by atoms with Crippen molar-refractivity contribution in [3.8, 4) is 0 Å². The van der Waals surface area contributed by atoms with Crippen LogP contribution in [0.4, 0.5) is 0 Å². The van der Waals surface area contributed by atoms with Gasteiger partial charge in [-0.05, 0) is 11.6 Å². The van der Waals surface area contributed by atoms with E-state index in [0.29, 0.717) is 5.02 Å². The highest BCUT2D eigenvalue weighted by Crippen LogP contribution is 2.14. The minimum Gasteiger partial charge on any atom is -0.477 e. The average Bonchev–Trinajstić information content (AvgIpc) is 2.80. The lowest BCUT2D eigenvalue weighted by molar-refractivity contribution is 0.0684. The second-order valence-electron chi connectivity index (χ2n) is 4.12. The van der Waals surface area contributed by atoms with Crippen LogP contribution < -0.4 is 5.32 Å². The van der Waals surface area contributed by atoms with Crippen molar-refractivity contribution in [2.75, 3.05) is 0 Å². The second-order valence-corrected chi connectivity index (χ2v) is 4.52. The summed E-state index contributed by atoms with van der Waals surface area (Å²) in [6.07, 6.45) is 0. The van der Waals surface area contributed by atoms with E-state index in [2.05, 4.69) is 10.4 Å². The predicted octanol–water partition coefficient (Wildman–Crippen LogP) is 1.70. The van der Waals surface area contributed by atoms with Crippen molar-refractivity contribution in [1.82, 2.24) is 15.1 Å². The molecule has 0 aliphatic carbocycles. The lowest BCUT2D eigenvalue weighted by atomic mass is 10.2. The van der Waals surface area contributed by atoms with E-state index in [-0.39, 0.29) is 17.9 Å². The molecule has 0 saturated carbocycles. The van der Waals surface area contributed by atoms with Gasteiger partial charge in [-0.25, -0.2) is 4.79 Å². The van der Waals surface area contributed by atoms with Gasteiger partial charge in [0.2, 0.25) is 0 Å². The fraction of sp³-hybridized carbons (Fsp3) is 0.154. The number of carboxylic acid groups (broad SMARTS) is 1. The second kappa shape index (κ2) is 5.75. The number of aromatic nitrogens is 2. The van der Waals surface area contributed by atoms with E-state index in [1.54, 1.807) is 18.2 Å². The zero-order chi connectivity index (χ0) is 14.7. The van der Waals surface area contributed by atoms with Crippen LogP contribution in [0, 0.1) is 0 Å². The molecule has 0 radical (unpaired) electrons. The highest BCUT2D eigenvalue weighted by molar-refractivity contribution is 6.31. The van der Waals surface area contributed by atoms with Crippen LogP contribution in [0.25, 0.3) is 0 Å². The number of hydrogen-bond acceptors (Lipinski definition) is 3. The third-order valence-electron chi connectivity index (χ3n) is 2.73. The molecule has 2 aromatic rings. The van der Waals surface area contributed by atoms with Crippen molar-refractivity contribution < 1.29 is 14.7 Å². The minimum absolute atomic E-state index is 0.0482. The van der Waals surface area contributed by atoms with Gasteiger partial charge in [0.15, 0.2) is 5.69 Å². The Bertz CT molecular complexity index is 667.